The van der Waals surface area contributed by atoms with Crippen LogP contribution in [-0.4, -0.2) is 11.7 Å². The molecule has 0 bridgehead atoms. The van der Waals surface area contributed by atoms with E-state index in [2.05, 4.69) is 5.32 Å². The van der Waals surface area contributed by atoms with Crippen LogP contribution in [0.15, 0.2) is 12.1 Å². The fraction of sp³-hybridized carbons (Fsp3) is 0.385. The normalized spacial score (nSPS) is 16.9. The summed E-state index contributed by atoms with van der Waals surface area (Å²) in [6.45, 7) is 7.19. The zero-order chi connectivity index (χ0) is 12.1. The molecular formula is C13H15NO2. The number of amides is 1. The highest BCUT2D eigenvalue weighted by Crippen LogP contribution is 2.39. The van der Waals surface area contributed by atoms with Crippen molar-refractivity contribution in [3.05, 3.63) is 28.8 Å². The van der Waals surface area contributed by atoms with Crippen molar-refractivity contribution in [3.63, 3.8) is 0 Å². The summed E-state index contributed by atoms with van der Waals surface area (Å²) < 4.78 is 0. The van der Waals surface area contributed by atoms with Crippen molar-refractivity contribution >= 4 is 17.4 Å². The predicted octanol–water partition coefficient (Wildman–Crippen LogP) is 2.43. The average Bonchev–Trinajstić information content (AvgIpc) is 2.40. The van der Waals surface area contributed by atoms with E-state index in [9.17, 15) is 9.59 Å². The molecule has 0 saturated heterocycles. The molecule has 0 spiro atoms. The average molecular weight is 217 g/mol. The molecule has 0 aliphatic carbocycles. The molecule has 84 valence electrons. The summed E-state index contributed by atoms with van der Waals surface area (Å²) in [5.74, 6) is 0.0207. The van der Waals surface area contributed by atoms with Gasteiger partial charge >= 0.3 is 0 Å². The van der Waals surface area contributed by atoms with Crippen LogP contribution in [0.1, 0.15) is 42.3 Å². The molecule has 1 aromatic rings. The highest BCUT2D eigenvalue weighted by atomic mass is 16.2. The number of aryl methyl sites for hydroxylation is 1. The smallest absolute Gasteiger partial charge is 0.234 e. The van der Waals surface area contributed by atoms with Crippen LogP contribution in [0.5, 0.6) is 0 Å². The van der Waals surface area contributed by atoms with Gasteiger partial charge in [0.2, 0.25) is 5.91 Å². The third-order valence-electron chi connectivity index (χ3n) is 3.22. The summed E-state index contributed by atoms with van der Waals surface area (Å²) in [5, 5.41) is 2.87. The van der Waals surface area contributed by atoms with Gasteiger partial charge in [-0.3, -0.25) is 9.59 Å². The van der Waals surface area contributed by atoms with Crippen molar-refractivity contribution in [2.24, 2.45) is 0 Å². The molecule has 0 fully saturated rings. The Morgan fingerprint density at radius 3 is 2.50 bits per heavy atom. The van der Waals surface area contributed by atoms with Crippen LogP contribution in [0.2, 0.25) is 0 Å². The van der Waals surface area contributed by atoms with Crippen LogP contribution in [-0.2, 0) is 10.2 Å². The molecular weight excluding hydrogens is 202 g/mol. The quantitative estimate of drug-likeness (QED) is 0.734. The van der Waals surface area contributed by atoms with Crippen LogP contribution >= 0.6 is 0 Å². The van der Waals surface area contributed by atoms with Crippen LogP contribution in [0.4, 0.5) is 5.69 Å². The number of anilines is 1. The van der Waals surface area contributed by atoms with E-state index >= 15 is 0 Å². The maximum atomic E-state index is 11.8. The number of ketones is 1. The molecule has 0 aromatic heterocycles. The van der Waals surface area contributed by atoms with E-state index in [1.165, 1.54) is 0 Å². The number of hydrogen-bond acceptors (Lipinski definition) is 2. The van der Waals surface area contributed by atoms with Crippen molar-refractivity contribution in [2.45, 2.75) is 33.1 Å². The van der Waals surface area contributed by atoms with E-state index in [4.69, 9.17) is 0 Å². The molecule has 1 aromatic carbocycles. The monoisotopic (exact) mass is 217 g/mol. The minimum atomic E-state index is -0.550. The molecule has 0 unspecified atom stereocenters. The Kier molecular flexibility index (Phi) is 2.15. The Balaban J connectivity index is 2.69. The summed E-state index contributed by atoms with van der Waals surface area (Å²) in [4.78, 5) is 23.2. The largest absolute Gasteiger partial charge is 0.325 e. The second-order valence-corrected chi connectivity index (χ2v) is 4.85. The van der Waals surface area contributed by atoms with E-state index in [0.717, 1.165) is 16.8 Å². The molecule has 1 heterocycles. The minimum Gasteiger partial charge on any atom is -0.325 e. The van der Waals surface area contributed by atoms with Gasteiger partial charge in [0.05, 0.1) is 5.41 Å². The SMILES string of the molecule is CC(=O)c1cc(C)c2c(c1)C(C)(C)C(=O)N2. The van der Waals surface area contributed by atoms with Gasteiger partial charge in [0, 0.05) is 11.3 Å². The Labute approximate surface area is 94.9 Å². The number of nitrogens with one attached hydrogen (secondary N) is 1. The maximum Gasteiger partial charge on any atom is 0.234 e. The standard InChI is InChI=1S/C13H15NO2/c1-7-5-9(8(2)15)6-10-11(7)14-12(16)13(10,3)4/h5-6H,1-4H3,(H,14,16). The van der Waals surface area contributed by atoms with Crippen molar-refractivity contribution < 1.29 is 9.59 Å². The lowest BCUT2D eigenvalue weighted by Gasteiger charge is -2.16. The fourth-order valence-electron chi connectivity index (χ4n) is 2.04. The number of hydrogen-bond donors (Lipinski definition) is 1. The topological polar surface area (TPSA) is 46.2 Å². The van der Waals surface area contributed by atoms with E-state index < -0.39 is 5.41 Å². The van der Waals surface area contributed by atoms with E-state index in [1.807, 2.05) is 32.9 Å². The van der Waals surface area contributed by atoms with E-state index in [0.29, 0.717) is 5.56 Å². The molecule has 0 radical (unpaired) electrons. The Morgan fingerprint density at radius 1 is 1.31 bits per heavy atom. The van der Waals surface area contributed by atoms with Gasteiger partial charge in [0.1, 0.15) is 0 Å². The molecule has 1 amide bonds. The highest BCUT2D eigenvalue weighted by molar-refractivity contribution is 6.07. The van der Waals surface area contributed by atoms with Gasteiger partial charge in [-0.15, -0.1) is 0 Å². The lowest BCUT2D eigenvalue weighted by molar-refractivity contribution is -0.119. The first kappa shape index (κ1) is 10.9. The minimum absolute atomic E-state index is 0.00805. The Bertz CT molecular complexity index is 501. The van der Waals surface area contributed by atoms with E-state index in [1.54, 1.807) is 6.92 Å². The summed E-state index contributed by atoms with van der Waals surface area (Å²) in [6.07, 6.45) is 0. The first-order chi connectivity index (χ1) is 7.34. The number of fused-ring (bicyclic) bond motifs is 1. The molecule has 3 nitrogen and oxygen atoms in total. The molecule has 0 atom stereocenters. The zero-order valence-electron chi connectivity index (χ0n) is 9.97. The predicted molar refractivity (Wildman–Crippen MR) is 62.8 cm³/mol. The molecule has 3 heteroatoms. The molecule has 1 aliphatic rings. The van der Waals surface area contributed by atoms with Gasteiger partial charge < -0.3 is 5.32 Å². The Hall–Kier alpha value is -1.64. The first-order valence-electron chi connectivity index (χ1n) is 5.31. The van der Waals surface area contributed by atoms with Gasteiger partial charge in [0.15, 0.2) is 5.78 Å². The second-order valence-electron chi connectivity index (χ2n) is 4.85. The number of carbonyl (C=O) groups excluding carboxylic acids is 2. The van der Waals surface area contributed by atoms with Crippen molar-refractivity contribution in [3.8, 4) is 0 Å². The van der Waals surface area contributed by atoms with Crippen LogP contribution in [0.25, 0.3) is 0 Å². The number of benzene rings is 1. The molecule has 2 rings (SSSR count). The first-order valence-corrected chi connectivity index (χ1v) is 5.31. The van der Waals surface area contributed by atoms with Gasteiger partial charge in [-0.05, 0) is 51.0 Å². The zero-order valence-corrected chi connectivity index (χ0v) is 9.97. The lowest BCUT2D eigenvalue weighted by atomic mass is 9.84. The second kappa shape index (κ2) is 3.17. The van der Waals surface area contributed by atoms with E-state index in [-0.39, 0.29) is 11.7 Å². The summed E-state index contributed by atoms with van der Waals surface area (Å²) >= 11 is 0. The third-order valence-corrected chi connectivity index (χ3v) is 3.22. The van der Waals surface area contributed by atoms with Gasteiger partial charge in [-0.2, -0.15) is 0 Å². The van der Waals surface area contributed by atoms with Crippen molar-refractivity contribution in [1.29, 1.82) is 0 Å². The van der Waals surface area contributed by atoms with Gasteiger partial charge in [-0.25, -0.2) is 0 Å². The molecule has 16 heavy (non-hydrogen) atoms. The maximum absolute atomic E-state index is 11.8. The number of Topliss-reactive ketones (excluding diaryl/α,β-unsaturated/α-hetero) is 1. The summed E-state index contributed by atoms with van der Waals surface area (Å²) in [6, 6.07) is 3.64. The van der Waals surface area contributed by atoms with Crippen molar-refractivity contribution in [1.82, 2.24) is 0 Å². The fourth-order valence-corrected chi connectivity index (χ4v) is 2.04. The third kappa shape index (κ3) is 1.35. The van der Waals surface area contributed by atoms with Crippen LogP contribution < -0.4 is 5.32 Å². The number of carbonyl (C=O) groups is 2. The highest BCUT2D eigenvalue weighted by Gasteiger charge is 2.39. The lowest BCUT2D eigenvalue weighted by Crippen LogP contribution is -2.26. The molecule has 1 aliphatic heterocycles. The van der Waals surface area contributed by atoms with Gasteiger partial charge in [0.25, 0.3) is 0 Å². The van der Waals surface area contributed by atoms with Crippen molar-refractivity contribution in [2.75, 3.05) is 5.32 Å². The van der Waals surface area contributed by atoms with Gasteiger partial charge in [-0.1, -0.05) is 0 Å². The number of rotatable bonds is 1. The van der Waals surface area contributed by atoms with Crippen LogP contribution in [0.3, 0.4) is 0 Å². The summed E-state index contributed by atoms with van der Waals surface area (Å²) in [5.41, 5.74) is 2.84. The molecule has 0 saturated carbocycles. The van der Waals surface area contributed by atoms with Crippen LogP contribution in [0, 0.1) is 6.92 Å². The molecule has 1 N–H and O–H groups in total. The summed E-state index contributed by atoms with van der Waals surface area (Å²) in [7, 11) is 0. The Morgan fingerprint density at radius 2 is 1.94 bits per heavy atom.